The summed E-state index contributed by atoms with van der Waals surface area (Å²) in [6.45, 7) is 2.33. The molecule has 3 heteroatoms. The van der Waals surface area contributed by atoms with Crippen LogP contribution in [0.1, 0.15) is 58.3 Å². The van der Waals surface area contributed by atoms with Crippen LogP contribution < -0.4 is 0 Å². The van der Waals surface area contributed by atoms with Crippen LogP contribution in [0.3, 0.4) is 0 Å². The maximum atomic E-state index is 6.52. The van der Waals surface area contributed by atoms with E-state index in [4.69, 9.17) is 22.2 Å². The van der Waals surface area contributed by atoms with Crippen LogP contribution in [0.25, 0.3) is 0 Å². The minimum atomic E-state index is -1.53. The van der Waals surface area contributed by atoms with Gasteiger partial charge >= 0.3 is 0 Å². The molecule has 4 aliphatic carbocycles. The smallest absolute Gasteiger partial charge is 0.150 e. The lowest BCUT2D eigenvalue weighted by Gasteiger charge is -2.42. The van der Waals surface area contributed by atoms with Crippen molar-refractivity contribution >= 4 is 29.6 Å². The summed E-state index contributed by atoms with van der Waals surface area (Å²) >= 11 is 13.0. The fourth-order valence-electron chi connectivity index (χ4n) is 7.03. The first kappa shape index (κ1) is 14.4. The molecule has 8 unspecified atom stereocenters. The van der Waals surface area contributed by atoms with E-state index in [-0.39, 0.29) is 0 Å². The lowest BCUT2D eigenvalue weighted by molar-refractivity contribution is 0.0993. The van der Waals surface area contributed by atoms with Crippen molar-refractivity contribution in [2.75, 3.05) is 0 Å². The summed E-state index contributed by atoms with van der Waals surface area (Å²) < 4.78 is 0. The van der Waals surface area contributed by atoms with Gasteiger partial charge in [0, 0.05) is 0 Å². The molecule has 8 atom stereocenters. The molecule has 0 heterocycles. The summed E-state index contributed by atoms with van der Waals surface area (Å²) in [6, 6.07) is 0. The summed E-state index contributed by atoms with van der Waals surface area (Å²) in [5.74, 6) is 7.19. The maximum Gasteiger partial charge on any atom is 0.240 e. The number of halogens is 2. The zero-order valence-electron chi connectivity index (χ0n) is 12.6. The molecule has 4 fully saturated rings. The van der Waals surface area contributed by atoms with E-state index in [2.05, 4.69) is 6.92 Å². The normalized spacial score (nSPS) is 51.3. The molecule has 0 amide bonds. The average Bonchev–Trinajstić information content (AvgIpc) is 3.18. The van der Waals surface area contributed by atoms with Crippen LogP contribution >= 0.6 is 22.2 Å². The molecule has 0 aliphatic heterocycles. The Morgan fingerprint density at radius 1 is 0.950 bits per heavy atom. The zero-order chi connectivity index (χ0) is 13.9. The maximum absolute atomic E-state index is 6.52. The van der Waals surface area contributed by atoms with E-state index >= 15 is 0 Å². The van der Waals surface area contributed by atoms with Crippen LogP contribution in [0, 0.1) is 41.4 Å². The van der Waals surface area contributed by atoms with Gasteiger partial charge in [-0.15, -0.1) is 0 Å². The van der Waals surface area contributed by atoms with Gasteiger partial charge in [0.1, 0.15) is 0 Å². The first-order valence-electron chi connectivity index (χ1n) is 8.97. The van der Waals surface area contributed by atoms with Crippen LogP contribution in [-0.2, 0) is 0 Å². The Hall–Kier alpha value is 0.797. The number of hydrogen-bond acceptors (Lipinski definition) is 0. The monoisotopic (exact) mass is 330 g/mol. The van der Waals surface area contributed by atoms with E-state index in [0.29, 0.717) is 5.54 Å². The molecular weight excluding hydrogens is 303 g/mol. The van der Waals surface area contributed by atoms with Gasteiger partial charge in [0.05, 0.1) is 0 Å². The van der Waals surface area contributed by atoms with Gasteiger partial charge in [0.25, 0.3) is 0 Å². The molecule has 0 saturated heterocycles. The number of hydrogen-bond donors (Lipinski definition) is 0. The van der Waals surface area contributed by atoms with Gasteiger partial charge in [-0.2, -0.15) is 22.2 Å². The summed E-state index contributed by atoms with van der Waals surface area (Å²) in [4.78, 5) is 0. The molecule has 0 aromatic heterocycles. The Bertz CT molecular complexity index is 372. The number of rotatable bonds is 4. The SMILES string of the molecule is CCC(C1C2CCC(C2)C1C1CC2CCC1C2)[SiH](Cl)Cl. The van der Waals surface area contributed by atoms with E-state index in [1.807, 2.05) is 0 Å². The Labute approximate surface area is 135 Å². The topological polar surface area (TPSA) is 0 Å². The molecule has 0 N–H and O–H groups in total. The standard InChI is InChI=1S/C17H28Cl2Si/c1-2-15(20(18)19)17-13-6-5-12(9-13)16(17)14-8-10-3-4-11(14)7-10/h10-17,20H,2-9H2,1H3. The van der Waals surface area contributed by atoms with Crippen LogP contribution in [-0.4, -0.2) is 7.42 Å². The third-order valence-electron chi connectivity index (χ3n) is 7.62. The predicted octanol–water partition coefficient (Wildman–Crippen LogP) is 5.56. The second-order valence-corrected chi connectivity index (χ2v) is 13.2. The van der Waals surface area contributed by atoms with E-state index in [9.17, 15) is 0 Å². The molecule has 4 saturated carbocycles. The summed E-state index contributed by atoms with van der Waals surface area (Å²) in [7, 11) is -1.53. The largest absolute Gasteiger partial charge is 0.240 e. The predicted molar refractivity (Wildman–Crippen MR) is 89.6 cm³/mol. The quantitative estimate of drug-likeness (QED) is 0.467. The van der Waals surface area contributed by atoms with E-state index in [1.165, 1.54) is 38.5 Å². The Balaban J connectivity index is 1.59. The summed E-state index contributed by atoms with van der Waals surface area (Å²) in [6.07, 6.45) is 11.9. The van der Waals surface area contributed by atoms with Gasteiger partial charge in [0.15, 0.2) is 0 Å². The zero-order valence-corrected chi connectivity index (χ0v) is 15.3. The average molecular weight is 331 g/mol. The molecule has 4 aliphatic rings. The second kappa shape index (κ2) is 5.46. The first-order chi connectivity index (χ1) is 9.69. The van der Waals surface area contributed by atoms with Crippen molar-refractivity contribution in [2.24, 2.45) is 41.4 Å². The highest BCUT2D eigenvalue weighted by molar-refractivity contribution is 7.34. The van der Waals surface area contributed by atoms with Gasteiger partial charge < -0.3 is 0 Å². The van der Waals surface area contributed by atoms with Gasteiger partial charge in [-0.25, -0.2) is 0 Å². The highest BCUT2D eigenvalue weighted by Crippen LogP contribution is 2.65. The van der Waals surface area contributed by atoms with Crippen molar-refractivity contribution in [3.63, 3.8) is 0 Å². The van der Waals surface area contributed by atoms with Crippen LogP contribution in [0.4, 0.5) is 0 Å². The summed E-state index contributed by atoms with van der Waals surface area (Å²) in [5.41, 5.74) is 0.692. The molecule has 0 nitrogen and oxygen atoms in total. The molecule has 0 aromatic carbocycles. The van der Waals surface area contributed by atoms with Gasteiger partial charge in [-0.3, -0.25) is 0 Å². The van der Waals surface area contributed by atoms with Gasteiger partial charge in [-0.1, -0.05) is 19.8 Å². The molecular formula is C17H28Cl2Si. The lowest BCUT2D eigenvalue weighted by atomic mass is 9.66. The van der Waals surface area contributed by atoms with Crippen LogP contribution in [0.2, 0.25) is 5.54 Å². The van der Waals surface area contributed by atoms with Crippen molar-refractivity contribution in [1.82, 2.24) is 0 Å². The Morgan fingerprint density at radius 2 is 1.70 bits per heavy atom. The number of fused-ring (bicyclic) bond motifs is 4. The lowest BCUT2D eigenvalue weighted by Crippen LogP contribution is -2.36. The second-order valence-electron chi connectivity index (χ2n) is 8.23. The highest BCUT2D eigenvalue weighted by atomic mass is 35.7. The Morgan fingerprint density at radius 3 is 2.30 bits per heavy atom. The molecule has 0 radical (unpaired) electrons. The fraction of sp³-hybridized carbons (Fsp3) is 1.00. The van der Waals surface area contributed by atoms with Crippen LogP contribution in [0.15, 0.2) is 0 Å². The third-order valence-corrected chi connectivity index (χ3v) is 11.1. The molecule has 4 rings (SSSR count). The summed E-state index contributed by atoms with van der Waals surface area (Å²) in [5, 5.41) is 0. The van der Waals surface area contributed by atoms with Crippen molar-refractivity contribution in [2.45, 2.75) is 63.8 Å². The minimum Gasteiger partial charge on any atom is -0.150 e. The fourth-order valence-corrected chi connectivity index (χ4v) is 10.4. The van der Waals surface area contributed by atoms with Crippen LogP contribution in [0.5, 0.6) is 0 Å². The van der Waals surface area contributed by atoms with E-state index in [0.717, 1.165) is 41.4 Å². The third kappa shape index (κ3) is 2.14. The minimum absolute atomic E-state index is 0.692. The Kier molecular flexibility index (Phi) is 3.93. The molecule has 114 valence electrons. The van der Waals surface area contributed by atoms with Crippen molar-refractivity contribution in [3.05, 3.63) is 0 Å². The van der Waals surface area contributed by atoms with E-state index in [1.54, 1.807) is 12.8 Å². The molecule has 0 spiro atoms. The van der Waals surface area contributed by atoms with Gasteiger partial charge in [0.2, 0.25) is 7.42 Å². The van der Waals surface area contributed by atoms with E-state index < -0.39 is 7.42 Å². The van der Waals surface area contributed by atoms with Crippen molar-refractivity contribution in [3.8, 4) is 0 Å². The van der Waals surface area contributed by atoms with Gasteiger partial charge in [-0.05, 0) is 85.5 Å². The molecule has 4 bridgehead atoms. The molecule has 0 aromatic rings. The molecule has 20 heavy (non-hydrogen) atoms. The van der Waals surface area contributed by atoms with Crippen molar-refractivity contribution in [1.29, 1.82) is 0 Å². The van der Waals surface area contributed by atoms with Crippen molar-refractivity contribution < 1.29 is 0 Å². The first-order valence-corrected chi connectivity index (χ1v) is 13.1. The highest BCUT2D eigenvalue weighted by Gasteiger charge is 2.56.